The number of carbonyl (C=O) groups is 1. The molecule has 6 heteroatoms. The highest BCUT2D eigenvalue weighted by atomic mass is 35.5. The van der Waals surface area contributed by atoms with Crippen molar-refractivity contribution in [2.45, 2.75) is 19.4 Å². The number of carbonyl (C=O) groups excluding carboxylic acids is 1. The molecule has 0 aliphatic carbocycles. The van der Waals surface area contributed by atoms with E-state index in [1.807, 2.05) is 0 Å². The Kier molecular flexibility index (Phi) is 3.66. The molecule has 1 fully saturated rings. The topological polar surface area (TPSA) is 56.3 Å². The molecule has 1 aromatic heterocycles. The van der Waals surface area contributed by atoms with E-state index in [0.717, 1.165) is 6.42 Å². The molecule has 2 rings (SSSR count). The maximum Gasteiger partial charge on any atom is 0.270 e. The summed E-state index contributed by atoms with van der Waals surface area (Å²) in [5.41, 5.74) is 0.395. The molecule has 0 spiro atoms. The van der Waals surface area contributed by atoms with Gasteiger partial charge < -0.3 is 15.0 Å². The van der Waals surface area contributed by atoms with Gasteiger partial charge in [0.25, 0.3) is 5.91 Å². The fourth-order valence-electron chi connectivity index (χ4n) is 2.06. The van der Waals surface area contributed by atoms with Crippen molar-refractivity contribution in [2.75, 3.05) is 13.1 Å². The molecule has 1 aliphatic heterocycles. The van der Waals surface area contributed by atoms with E-state index in [-0.39, 0.29) is 23.1 Å². The number of H-pyrrole nitrogens is 1. The Morgan fingerprint density at radius 3 is 2.82 bits per heavy atom. The molecule has 2 N–H and O–H groups in total. The summed E-state index contributed by atoms with van der Waals surface area (Å²) in [6.45, 7) is 2.98. The zero-order valence-electron chi connectivity index (χ0n) is 9.41. The van der Waals surface area contributed by atoms with Gasteiger partial charge in [-0.15, -0.1) is 0 Å². The van der Waals surface area contributed by atoms with E-state index < -0.39 is 0 Å². The number of nitrogens with zero attached hydrogens (tertiary/aromatic N) is 1. The summed E-state index contributed by atoms with van der Waals surface area (Å²) in [7, 11) is 0. The van der Waals surface area contributed by atoms with Crippen LogP contribution in [0.4, 0.5) is 0 Å². The molecule has 0 bridgehead atoms. The molecule has 1 amide bonds. The summed E-state index contributed by atoms with van der Waals surface area (Å²) in [4.78, 5) is 16.5. The van der Waals surface area contributed by atoms with Crippen LogP contribution < -0.4 is 0 Å². The zero-order valence-corrected chi connectivity index (χ0v) is 10.9. The van der Waals surface area contributed by atoms with Gasteiger partial charge in [0.2, 0.25) is 0 Å². The predicted molar refractivity (Wildman–Crippen MR) is 66.5 cm³/mol. The van der Waals surface area contributed by atoms with Crippen LogP contribution in [-0.2, 0) is 0 Å². The Bertz CT molecular complexity index is 412. The minimum atomic E-state index is -0.386. The van der Waals surface area contributed by atoms with E-state index >= 15 is 0 Å². The number of aliphatic hydroxyl groups is 1. The summed E-state index contributed by atoms with van der Waals surface area (Å²) >= 11 is 11.5. The number of hydrogen-bond donors (Lipinski definition) is 2. The number of amides is 1. The summed E-state index contributed by atoms with van der Waals surface area (Å²) in [6.07, 6.45) is 0.439. The van der Waals surface area contributed by atoms with Crippen LogP contribution in [0.5, 0.6) is 0 Å². The van der Waals surface area contributed by atoms with Gasteiger partial charge in [0.1, 0.15) is 10.8 Å². The van der Waals surface area contributed by atoms with Crippen molar-refractivity contribution in [1.29, 1.82) is 0 Å². The summed E-state index contributed by atoms with van der Waals surface area (Å²) in [6, 6.07) is 1.53. The van der Waals surface area contributed by atoms with Crippen molar-refractivity contribution in [3.63, 3.8) is 0 Å². The van der Waals surface area contributed by atoms with E-state index in [1.54, 1.807) is 11.8 Å². The lowest BCUT2D eigenvalue weighted by atomic mass is 10.0. The molecular formula is C11H14Cl2N2O2. The maximum atomic E-state index is 12.1. The van der Waals surface area contributed by atoms with Crippen molar-refractivity contribution in [2.24, 2.45) is 5.92 Å². The van der Waals surface area contributed by atoms with Gasteiger partial charge in [-0.05, 0) is 19.4 Å². The predicted octanol–water partition coefficient (Wildman–Crippen LogP) is 2.16. The number of aromatic nitrogens is 1. The highest BCUT2D eigenvalue weighted by Gasteiger charge is 2.30. The zero-order chi connectivity index (χ0) is 12.6. The average Bonchev–Trinajstić information content (AvgIpc) is 2.86. The second kappa shape index (κ2) is 4.88. The van der Waals surface area contributed by atoms with Crippen LogP contribution in [0.25, 0.3) is 0 Å². The van der Waals surface area contributed by atoms with Crippen LogP contribution in [0.15, 0.2) is 6.07 Å². The lowest BCUT2D eigenvalue weighted by Gasteiger charge is -2.16. The largest absolute Gasteiger partial charge is 0.393 e. The SMILES string of the molecule is CC(O)C1CCN(C(=O)c2cc(Cl)c(Cl)[nH]2)C1. The van der Waals surface area contributed by atoms with E-state index in [9.17, 15) is 9.90 Å². The van der Waals surface area contributed by atoms with Gasteiger partial charge in [0.15, 0.2) is 0 Å². The fraction of sp³-hybridized carbons (Fsp3) is 0.545. The molecule has 0 saturated carbocycles. The number of halogens is 2. The first-order valence-electron chi connectivity index (χ1n) is 5.50. The molecule has 94 valence electrons. The minimum absolute atomic E-state index is 0.123. The van der Waals surface area contributed by atoms with Crippen molar-refractivity contribution in [3.8, 4) is 0 Å². The van der Waals surface area contributed by atoms with Gasteiger partial charge in [-0.25, -0.2) is 0 Å². The number of likely N-dealkylation sites (tertiary alicyclic amines) is 1. The lowest BCUT2D eigenvalue weighted by Crippen LogP contribution is -2.30. The standard InChI is InChI=1S/C11H14Cl2N2O2/c1-6(16)7-2-3-15(5-7)11(17)9-4-8(12)10(13)14-9/h4,6-7,14,16H,2-3,5H2,1H3. The van der Waals surface area contributed by atoms with E-state index in [0.29, 0.717) is 23.8 Å². The second-order valence-electron chi connectivity index (χ2n) is 4.39. The third kappa shape index (κ3) is 2.59. The van der Waals surface area contributed by atoms with Crippen LogP contribution in [0.1, 0.15) is 23.8 Å². The molecule has 0 radical (unpaired) electrons. The van der Waals surface area contributed by atoms with E-state index in [2.05, 4.69) is 4.98 Å². The molecule has 2 atom stereocenters. The number of hydrogen-bond acceptors (Lipinski definition) is 2. The number of rotatable bonds is 2. The summed E-state index contributed by atoms with van der Waals surface area (Å²) in [5, 5.41) is 10.1. The van der Waals surface area contributed by atoms with Crippen LogP contribution in [0, 0.1) is 5.92 Å². The fourth-order valence-corrected chi connectivity index (χ4v) is 2.37. The van der Waals surface area contributed by atoms with Gasteiger partial charge in [-0.3, -0.25) is 4.79 Å². The molecule has 4 nitrogen and oxygen atoms in total. The normalized spacial score (nSPS) is 21.9. The smallest absolute Gasteiger partial charge is 0.270 e. The molecule has 0 aromatic carbocycles. The van der Waals surface area contributed by atoms with Gasteiger partial charge in [0.05, 0.1) is 11.1 Å². The summed E-state index contributed by atoms with van der Waals surface area (Å²) < 4.78 is 0. The van der Waals surface area contributed by atoms with Crippen molar-refractivity contribution >= 4 is 29.1 Å². The molecule has 2 heterocycles. The highest BCUT2D eigenvalue weighted by molar-refractivity contribution is 6.41. The van der Waals surface area contributed by atoms with Crippen LogP contribution in [0.3, 0.4) is 0 Å². The number of aliphatic hydroxyl groups excluding tert-OH is 1. The van der Waals surface area contributed by atoms with Gasteiger partial charge >= 0.3 is 0 Å². The Morgan fingerprint density at radius 1 is 1.65 bits per heavy atom. The van der Waals surface area contributed by atoms with Gasteiger partial charge in [-0.1, -0.05) is 23.2 Å². The molecule has 2 unspecified atom stereocenters. The highest BCUT2D eigenvalue weighted by Crippen LogP contribution is 2.25. The Balaban J connectivity index is 2.07. The molecule has 1 saturated heterocycles. The minimum Gasteiger partial charge on any atom is -0.393 e. The Morgan fingerprint density at radius 2 is 2.35 bits per heavy atom. The first-order valence-corrected chi connectivity index (χ1v) is 6.26. The third-order valence-electron chi connectivity index (χ3n) is 3.15. The van der Waals surface area contributed by atoms with Crippen LogP contribution >= 0.6 is 23.2 Å². The first kappa shape index (κ1) is 12.7. The van der Waals surface area contributed by atoms with Gasteiger partial charge in [-0.2, -0.15) is 0 Å². The first-order chi connectivity index (χ1) is 7.99. The number of aromatic amines is 1. The summed E-state index contributed by atoms with van der Waals surface area (Å²) in [5.74, 6) is 0.0295. The van der Waals surface area contributed by atoms with Crippen molar-refractivity contribution < 1.29 is 9.90 Å². The molecule has 17 heavy (non-hydrogen) atoms. The monoisotopic (exact) mass is 276 g/mol. The Labute approximate surface area is 110 Å². The third-order valence-corrected chi connectivity index (χ3v) is 3.84. The van der Waals surface area contributed by atoms with Crippen molar-refractivity contribution in [3.05, 3.63) is 21.9 Å². The second-order valence-corrected chi connectivity index (χ2v) is 5.17. The quantitative estimate of drug-likeness (QED) is 0.870. The van der Waals surface area contributed by atoms with Crippen LogP contribution in [-0.4, -0.2) is 40.1 Å². The van der Waals surface area contributed by atoms with E-state index in [4.69, 9.17) is 23.2 Å². The van der Waals surface area contributed by atoms with E-state index in [1.165, 1.54) is 6.07 Å². The maximum absolute atomic E-state index is 12.1. The lowest BCUT2D eigenvalue weighted by molar-refractivity contribution is 0.0757. The number of nitrogens with one attached hydrogen (secondary N) is 1. The Hall–Kier alpha value is -0.710. The average molecular weight is 277 g/mol. The molecule has 1 aliphatic rings. The van der Waals surface area contributed by atoms with Gasteiger partial charge in [0, 0.05) is 19.0 Å². The van der Waals surface area contributed by atoms with Crippen molar-refractivity contribution in [1.82, 2.24) is 9.88 Å². The molecular weight excluding hydrogens is 263 g/mol. The van der Waals surface area contributed by atoms with Crippen LogP contribution in [0.2, 0.25) is 10.2 Å². The molecule has 1 aromatic rings.